The highest BCUT2D eigenvalue weighted by Gasteiger charge is 2.36. The highest BCUT2D eigenvalue weighted by molar-refractivity contribution is 5.86. The van der Waals surface area contributed by atoms with Gasteiger partial charge < -0.3 is 9.64 Å². The molecule has 0 aromatic heterocycles. The summed E-state index contributed by atoms with van der Waals surface area (Å²) >= 11 is 0. The van der Waals surface area contributed by atoms with Crippen molar-refractivity contribution in [2.45, 2.75) is 19.3 Å². The molecule has 1 aliphatic rings. The van der Waals surface area contributed by atoms with E-state index in [-0.39, 0.29) is 5.41 Å². The van der Waals surface area contributed by atoms with Gasteiger partial charge in [-0.3, -0.25) is 0 Å². The van der Waals surface area contributed by atoms with Crippen molar-refractivity contribution in [3.63, 3.8) is 0 Å². The van der Waals surface area contributed by atoms with Crippen LogP contribution in [0.2, 0.25) is 0 Å². The number of nitrogens with zero attached hydrogens (tertiary/aromatic N) is 1. The Labute approximate surface area is 143 Å². The summed E-state index contributed by atoms with van der Waals surface area (Å²) in [5.41, 5.74) is 6.18. The number of anilines is 3. The monoisotopic (exact) mass is 315 g/mol. The third-order valence-corrected chi connectivity index (χ3v) is 4.95. The number of rotatable bonds is 2. The zero-order valence-electron chi connectivity index (χ0n) is 14.3. The van der Waals surface area contributed by atoms with E-state index in [0.29, 0.717) is 0 Å². The third-order valence-electron chi connectivity index (χ3n) is 4.95. The lowest BCUT2D eigenvalue weighted by atomic mass is 9.73. The van der Waals surface area contributed by atoms with Crippen molar-refractivity contribution in [2.24, 2.45) is 0 Å². The SMILES string of the molecule is COc1ccc2c(c1)N(c1ccccc1)c1ccccc1C2(C)C. The first kappa shape index (κ1) is 14.8. The molecule has 0 saturated carbocycles. The highest BCUT2D eigenvalue weighted by atomic mass is 16.5. The van der Waals surface area contributed by atoms with Crippen LogP contribution in [0.1, 0.15) is 25.0 Å². The van der Waals surface area contributed by atoms with Crippen molar-refractivity contribution in [1.82, 2.24) is 0 Å². The van der Waals surface area contributed by atoms with E-state index in [1.165, 1.54) is 22.5 Å². The van der Waals surface area contributed by atoms with E-state index in [1.54, 1.807) is 7.11 Å². The van der Waals surface area contributed by atoms with Gasteiger partial charge in [-0.25, -0.2) is 0 Å². The summed E-state index contributed by atoms with van der Waals surface area (Å²) in [6, 6.07) is 25.6. The summed E-state index contributed by atoms with van der Waals surface area (Å²) in [5.74, 6) is 0.880. The van der Waals surface area contributed by atoms with Gasteiger partial charge in [-0.2, -0.15) is 0 Å². The molecule has 0 aliphatic carbocycles. The van der Waals surface area contributed by atoms with Gasteiger partial charge in [-0.15, -0.1) is 0 Å². The van der Waals surface area contributed by atoms with Crippen LogP contribution in [0.25, 0.3) is 0 Å². The van der Waals surface area contributed by atoms with E-state index in [1.807, 2.05) is 0 Å². The van der Waals surface area contributed by atoms with E-state index < -0.39 is 0 Å². The maximum atomic E-state index is 5.49. The smallest absolute Gasteiger partial charge is 0.120 e. The van der Waals surface area contributed by atoms with Crippen LogP contribution >= 0.6 is 0 Å². The Kier molecular flexibility index (Phi) is 3.34. The molecule has 0 atom stereocenters. The second-order valence-electron chi connectivity index (χ2n) is 6.70. The molecule has 0 bridgehead atoms. The molecular formula is C22H21NO. The molecule has 24 heavy (non-hydrogen) atoms. The average Bonchev–Trinajstić information content (AvgIpc) is 2.62. The standard InChI is InChI=1S/C22H21NO/c1-22(2)18-11-7-8-12-20(18)23(16-9-5-4-6-10-16)21-15-17(24-3)13-14-19(21)22/h4-15H,1-3H3. The van der Waals surface area contributed by atoms with E-state index in [2.05, 4.69) is 91.5 Å². The van der Waals surface area contributed by atoms with Crippen molar-refractivity contribution in [2.75, 3.05) is 12.0 Å². The maximum absolute atomic E-state index is 5.49. The van der Waals surface area contributed by atoms with Gasteiger partial charge in [-0.05, 0) is 35.4 Å². The number of methoxy groups -OCH3 is 1. The quantitative estimate of drug-likeness (QED) is 0.592. The first-order chi connectivity index (χ1) is 11.6. The summed E-state index contributed by atoms with van der Waals surface area (Å²) in [5, 5.41) is 0. The Morgan fingerprint density at radius 3 is 2.17 bits per heavy atom. The fraction of sp³-hybridized carbons (Fsp3) is 0.182. The number of fused-ring (bicyclic) bond motifs is 2. The zero-order chi connectivity index (χ0) is 16.7. The van der Waals surface area contributed by atoms with E-state index in [4.69, 9.17) is 4.74 Å². The minimum absolute atomic E-state index is 0.0521. The van der Waals surface area contributed by atoms with Crippen LogP contribution in [-0.4, -0.2) is 7.11 Å². The van der Waals surface area contributed by atoms with Crippen molar-refractivity contribution in [3.05, 3.63) is 83.9 Å². The normalized spacial score (nSPS) is 14.7. The fourth-order valence-corrected chi connectivity index (χ4v) is 3.68. The molecule has 0 spiro atoms. The lowest BCUT2D eigenvalue weighted by Gasteiger charge is -2.42. The van der Waals surface area contributed by atoms with Gasteiger partial charge >= 0.3 is 0 Å². The van der Waals surface area contributed by atoms with Crippen molar-refractivity contribution < 1.29 is 4.74 Å². The lowest BCUT2D eigenvalue weighted by Crippen LogP contribution is -2.30. The number of ether oxygens (including phenoxy) is 1. The van der Waals surface area contributed by atoms with Crippen LogP contribution < -0.4 is 9.64 Å². The molecular weight excluding hydrogens is 294 g/mol. The van der Waals surface area contributed by atoms with Gasteiger partial charge in [0.2, 0.25) is 0 Å². The predicted octanol–water partition coefficient (Wildman–Crippen LogP) is 5.80. The first-order valence-electron chi connectivity index (χ1n) is 8.26. The van der Waals surface area contributed by atoms with Crippen LogP contribution in [0.15, 0.2) is 72.8 Å². The van der Waals surface area contributed by atoms with E-state index in [9.17, 15) is 0 Å². The number of hydrogen-bond donors (Lipinski definition) is 0. The molecule has 1 heterocycles. The molecule has 0 radical (unpaired) electrons. The molecule has 2 nitrogen and oxygen atoms in total. The van der Waals surface area contributed by atoms with Gasteiger partial charge in [0, 0.05) is 17.2 Å². The molecule has 2 heteroatoms. The van der Waals surface area contributed by atoms with Gasteiger partial charge in [0.25, 0.3) is 0 Å². The first-order valence-corrected chi connectivity index (χ1v) is 8.26. The summed E-state index contributed by atoms with van der Waals surface area (Å²) in [4.78, 5) is 2.33. The van der Waals surface area contributed by atoms with Gasteiger partial charge in [0.15, 0.2) is 0 Å². The molecule has 0 saturated heterocycles. The molecule has 0 fully saturated rings. The zero-order valence-corrected chi connectivity index (χ0v) is 14.3. The van der Waals surface area contributed by atoms with E-state index >= 15 is 0 Å². The maximum Gasteiger partial charge on any atom is 0.120 e. The third kappa shape index (κ3) is 2.10. The van der Waals surface area contributed by atoms with Crippen LogP contribution in [-0.2, 0) is 5.41 Å². The average molecular weight is 315 g/mol. The van der Waals surface area contributed by atoms with Crippen molar-refractivity contribution in [3.8, 4) is 5.75 Å². The van der Waals surface area contributed by atoms with Crippen molar-refractivity contribution in [1.29, 1.82) is 0 Å². The minimum atomic E-state index is -0.0521. The number of hydrogen-bond acceptors (Lipinski definition) is 2. The Hall–Kier alpha value is -2.74. The Morgan fingerprint density at radius 2 is 1.42 bits per heavy atom. The predicted molar refractivity (Wildman–Crippen MR) is 99.8 cm³/mol. The van der Waals surface area contributed by atoms with E-state index in [0.717, 1.165) is 11.4 Å². The molecule has 0 unspecified atom stereocenters. The fourth-order valence-electron chi connectivity index (χ4n) is 3.68. The second kappa shape index (κ2) is 5.41. The molecule has 0 amide bonds. The Bertz CT molecular complexity index is 883. The molecule has 0 N–H and O–H groups in total. The van der Waals surface area contributed by atoms with Crippen LogP contribution in [0, 0.1) is 0 Å². The molecule has 3 aromatic carbocycles. The number of benzene rings is 3. The Balaban J connectivity index is 2.04. The Morgan fingerprint density at radius 1 is 0.750 bits per heavy atom. The summed E-state index contributed by atoms with van der Waals surface area (Å²) in [7, 11) is 1.72. The summed E-state index contributed by atoms with van der Waals surface area (Å²) in [6.45, 7) is 4.58. The lowest BCUT2D eigenvalue weighted by molar-refractivity contribution is 0.414. The molecule has 4 rings (SSSR count). The van der Waals surface area contributed by atoms with Crippen LogP contribution in [0.3, 0.4) is 0 Å². The molecule has 1 aliphatic heterocycles. The van der Waals surface area contributed by atoms with Gasteiger partial charge in [0.05, 0.1) is 18.5 Å². The van der Waals surface area contributed by atoms with Gasteiger partial charge in [-0.1, -0.05) is 56.3 Å². The largest absolute Gasteiger partial charge is 0.497 e. The van der Waals surface area contributed by atoms with Crippen LogP contribution in [0.4, 0.5) is 17.1 Å². The van der Waals surface area contributed by atoms with Crippen molar-refractivity contribution >= 4 is 17.1 Å². The number of para-hydroxylation sites is 2. The highest BCUT2D eigenvalue weighted by Crippen LogP contribution is 2.52. The molecule has 3 aromatic rings. The summed E-state index contributed by atoms with van der Waals surface area (Å²) < 4.78 is 5.49. The van der Waals surface area contributed by atoms with Gasteiger partial charge in [0.1, 0.15) is 5.75 Å². The molecule has 120 valence electrons. The second-order valence-corrected chi connectivity index (χ2v) is 6.70. The minimum Gasteiger partial charge on any atom is -0.497 e. The summed E-state index contributed by atoms with van der Waals surface area (Å²) in [6.07, 6.45) is 0. The topological polar surface area (TPSA) is 12.5 Å². The van der Waals surface area contributed by atoms with Crippen LogP contribution in [0.5, 0.6) is 5.75 Å².